The number of para-hydroxylation sites is 1. The van der Waals surface area contributed by atoms with Gasteiger partial charge in [0, 0.05) is 16.5 Å². The van der Waals surface area contributed by atoms with Gasteiger partial charge in [0.15, 0.2) is 12.4 Å². The van der Waals surface area contributed by atoms with Crippen molar-refractivity contribution in [1.29, 1.82) is 0 Å². The number of aromatic nitrogens is 1. The Balaban J connectivity index is 1.30. The molecule has 1 saturated heterocycles. The molecular formula is C33H28N2O5. The summed E-state index contributed by atoms with van der Waals surface area (Å²) in [7, 11) is 0. The molecule has 200 valence electrons. The molecule has 6 rings (SSSR count). The zero-order valence-corrected chi connectivity index (χ0v) is 22.1. The van der Waals surface area contributed by atoms with Crippen molar-refractivity contribution in [2.24, 2.45) is 11.8 Å². The van der Waals surface area contributed by atoms with Crippen LogP contribution in [0, 0.1) is 18.8 Å². The minimum atomic E-state index is -0.615. The summed E-state index contributed by atoms with van der Waals surface area (Å²) in [6.45, 7) is 1.54. The number of esters is 1. The number of rotatable bonds is 6. The summed E-state index contributed by atoms with van der Waals surface area (Å²) in [5, 5.41) is 0.633. The lowest BCUT2D eigenvalue weighted by molar-refractivity contribution is -0.122. The van der Waals surface area contributed by atoms with Gasteiger partial charge in [-0.2, -0.15) is 0 Å². The number of ether oxygens (including phenoxy) is 1. The number of carbonyl (C=O) groups excluding carboxylic acids is 4. The molecule has 3 aromatic carbocycles. The zero-order valence-electron chi connectivity index (χ0n) is 22.1. The van der Waals surface area contributed by atoms with Gasteiger partial charge in [-0.3, -0.25) is 19.3 Å². The van der Waals surface area contributed by atoms with Gasteiger partial charge < -0.3 is 4.74 Å². The highest BCUT2D eigenvalue weighted by atomic mass is 16.5. The van der Waals surface area contributed by atoms with Crippen LogP contribution in [0.5, 0.6) is 0 Å². The molecule has 0 N–H and O–H groups in total. The molecule has 0 bridgehead atoms. The van der Waals surface area contributed by atoms with Crippen molar-refractivity contribution >= 4 is 40.2 Å². The van der Waals surface area contributed by atoms with Gasteiger partial charge in [-0.1, -0.05) is 73.5 Å². The van der Waals surface area contributed by atoms with Crippen LogP contribution in [-0.2, 0) is 14.3 Å². The number of ketones is 1. The molecule has 2 aliphatic rings. The minimum absolute atomic E-state index is 0.114. The second-order valence-electron chi connectivity index (χ2n) is 10.4. The Morgan fingerprint density at radius 1 is 0.875 bits per heavy atom. The van der Waals surface area contributed by atoms with Gasteiger partial charge in [0.25, 0.3) is 0 Å². The lowest BCUT2D eigenvalue weighted by Crippen LogP contribution is -2.30. The van der Waals surface area contributed by atoms with Crippen LogP contribution in [0.4, 0.5) is 5.69 Å². The lowest BCUT2D eigenvalue weighted by atomic mass is 9.81. The van der Waals surface area contributed by atoms with Crippen LogP contribution in [0.15, 0.2) is 78.9 Å². The van der Waals surface area contributed by atoms with E-state index in [1.807, 2.05) is 31.2 Å². The van der Waals surface area contributed by atoms with Crippen molar-refractivity contribution in [3.8, 4) is 11.3 Å². The van der Waals surface area contributed by atoms with Gasteiger partial charge in [0.1, 0.15) is 0 Å². The first-order valence-electron chi connectivity index (χ1n) is 13.6. The molecule has 2 unspecified atom stereocenters. The molecule has 0 radical (unpaired) electrons. The van der Waals surface area contributed by atoms with E-state index in [2.05, 4.69) is 0 Å². The number of imide groups is 1. The van der Waals surface area contributed by atoms with Gasteiger partial charge in [-0.05, 0) is 43.5 Å². The molecule has 1 aliphatic carbocycles. The largest absolute Gasteiger partial charge is 0.454 e. The number of pyridine rings is 1. The number of carbonyl (C=O) groups is 4. The van der Waals surface area contributed by atoms with E-state index in [4.69, 9.17) is 9.72 Å². The third-order valence-electron chi connectivity index (χ3n) is 7.95. The highest BCUT2D eigenvalue weighted by molar-refractivity contribution is 6.22. The highest BCUT2D eigenvalue weighted by Gasteiger charge is 2.48. The summed E-state index contributed by atoms with van der Waals surface area (Å²) in [5.41, 5.74) is 4.13. The van der Waals surface area contributed by atoms with Crippen molar-refractivity contribution in [2.45, 2.75) is 32.6 Å². The Hall–Kier alpha value is -4.65. The third-order valence-corrected chi connectivity index (χ3v) is 7.95. The van der Waals surface area contributed by atoms with Crippen molar-refractivity contribution < 1.29 is 23.9 Å². The molecule has 0 spiro atoms. The third kappa shape index (κ3) is 4.57. The lowest BCUT2D eigenvalue weighted by Gasteiger charge is -2.19. The molecule has 7 nitrogen and oxygen atoms in total. The fourth-order valence-electron chi connectivity index (χ4n) is 5.82. The molecule has 2 amide bonds. The van der Waals surface area contributed by atoms with Crippen molar-refractivity contribution in [2.75, 3.05) is 11.5 Å². The molecule has 4 aromatic rings. The topological polar surface area (TPSA) is 93.6 Å². The molecule has 40 heavy (non-hydrogen) atoms. The van der Waals surface area contributed by atoms with E-state index in [9.17, 15) is 19.2 Å². The summed E-state index contributed by atoms with van der Waals surface area (Å²) in [4.78, 5) is 57.9. The number of benzene rings is 3. The fourth-order valence-corrected chi connectivity index (χ4v) is 5.82. The number of amides is 2. The Morgan fingerprint density at radius 3 is 2.23 bits per heavy atom. The molecular weight excluding hydrogens is 504 g/mol. The van der Waals surface area contributed by atoms with E-state index < -0.39 is 5.97 Å². The van der Waals surface area contributed by atoms with Crippen LogP contribution in [-0.4, -0.2) is 35.2 Å². The predicted molar refractivity (Wildman–Crippen MR) is 151 cm³/mol. The second-order valence-corrected chi connectivity index (χ2v) is 10.4. The van der Waals surface area contributed by atoms with Crippen LogP contribution in [0.1, 0.15) is 52.0 Å². The average Bonchev–Trinajstić information content (AvgIpc) is 3.25. The maximum Gasteiger partial charge on any atom is 0.339 e. The SMILES string of the molecule is Cc1cccc2c(C(=O)OCC(=O)c3ccccc3)cc(-c3ccc(N4C(=O)C5CCCCC5C4=O)cc3)nc12. The molecule has 1 aromatic heterocycles. The maximum atomic E-state index is 13.2. The summed E-state index contributed by atoms with van der Waals surface area (Å²) >= 11 is 0. The second kappa shape index (κ2) is 10.5. The number of Topliss-reactive ketones (excluding diaryl/α,β-unsaturated/α-hetero) is 1. The fraction of sp³-hybridized carbons (Fsp3) is 0.242. The van der Waals surface area contributed by atoms with Crippen LogP contribution < -0.4 is 4.90 Å². The van der Waals surface area contributed by atoms with Crippen molar-refractivity contribution in [3.63, 3.8) is 0 Å². The number of aryl methyl sites for hydroxylation is 1. The number of anilines is 1. The molecule has 2 fully saturated rings. The standard InChI is InChI=1S/C33H28N2O5/c1-20-8-7-13-24-27(33(39)40-19-29(36)22-9-3-2-4-10-22)18-28(34-30(20)24)21-14-16-23(17-15-21)35-31(37)25-11-5-6-12-26(25)32(35)38/h2-4,7-10,13-18,25-26H,5-6,11-12,19H2,1H3. The van der Waals surface area contributed by atoms with Crippen LogP contribution in [0.3, 0.4) is 0 Å². The van der Waals surface area contributed by atoms with E-state index in [1.54, 1.807) is 54.6 Å². The van der Waals surface area contributed by atoms with Crippen LogP contribution in [0.25, 0.3) is 22.2 Å². The van der Waals surface area contributed by atoms with Crippen LogP contribution >= 0.6 is 0 Å². The summed E-state index contributed by atoms with van der Waals surface area (Å²) in [5.74, 6) is -1.56. The smallest absolute Gasteiger partial charge is 0.339 e. The number of hydrogen-bond acceptors (Lipinski definition) is 6. The minimum Gasteiger partial charge on any atom is -0.454 e. The Morgan fingerprint density at radius 2 is 1.55 bits per heavy atom. The van der Waals surface area contributed by atoms with Crippen molar-refractivity contribution in [3.05, 3.63) is 95.6 Å². The van der Waals surface area contributed by atoms with Gasteiger partial charge in [0.2, 0.25) is 11.8 Å². The maximum absolute atomic E-state index is 13.2. The number of nitrogens with zero attached hydrogens (tertiary/aromatic N) is 2. The molecule has 1 aliphatic heterocycles. The van der Waals surface area contributed by atoms with E-state index >= 15 is 0 Å². The zero-order chi connectivity index (χ0) is 27.8. The first-order chi connectivity index (χ1) is 19.4. The van der Waals surface area contributed by atoms with Gasteiger partial charge in [-0.15, -0.1) is 0 Å². The summed E-state index contributed by atoms with van der Waals surface area (Å²) < 4.78 is 5.44. The van der Waals surface area contributed by atoms with E-state index in [0.29, 0.717) is 33.4 Å². The molecule has 1 saturated carbocycles. The monoisotopic (exact) mass is 532 g/mol. The summed E-state index contributed by atoms with van der Waals surface area (Å²) in [6.07, 6.45) is 3.48. The van der Waals surface area contributed by atoms with E-state index in [0.717, 1.165) is 36.8 Å². The Bertz CT molecular complexity index is 1620. The average molecular weight is 533 g/mol. The molecule has 2 atom stereocenters. The summed E-state index contributed by atoms with van der Waals surface area (Å²) in [6, 6.07) is 23.0. The Labute approximate surface area is 231 Å². The predicted octanol–water partition coefficient (Wildman–Crippen LogP) is 5.93. The normalized spacial score (nSPS) is 18.6. The Kier molecular flexibility index (Phi) is 6.72. The van der Waals surface area contributed by atoms with Gasteiger partial charge in [0.05, 0.1) is 34.3 Å². The highest BCUT2D eigenvalue weighted by Crippen LogP contribution is 2.40. The van der Waals surface area contributed by atoms with E-state index in [1.165, 1.54) is 4.90 Å². The van der Waals surface area contributed by atoms with Gasteiger partial charge in [-0.25, -0.2) is 9.78 Å². The number of fused-ring (bicyclic) bond motifs is 2. The van der Waals surface area contributed by atoms with Crippen molar-refractivity contribution in [1.82, 2.24) is 4.98 Å². The molecule has 2 heterocycles. The first kappa shape index (κ1) is 25.6. The quantitative estimate of drug-likeness (QED) is 0.174. The molecule has 7 heteroatoms. The van der Waals surface area contributed by atoms with Crippen LogP contribution in [0.2, 0.25) is 0 Å². The number of hydrogen-bond donors (Lipinski definition) is 0. The van der Waals surface area contributed by atoms with E-state index in [-0.39, 0.29) is 36.0 Å². The first-order valence-corrected chi connectivity index (χ1v) is 13.6. The van der Waals surface area contributed by atoms with Gasteiger partial charge >= 0.3 is 5.97 Å².